The third kappa shape index (κ3) is 5.24. The molecule has 0 saturated heterocycles. The molecule has 29 heavy (non-hydrogen) atoms. The van der Waals surface area contributed by atoms with Crippen molar-refractivity contribution in [3.05, 3.63) is 77.1 Å². The molecule has 0 aliphatic rings. The fourth-order valence-electron chi connectivity index (χ4n) is 2.82. The minimum atomic E-state index is -3.49. The molecule has 152 valence electrons. The molecule has 0 radical (unpaired) electrons. The Kier molecular flexibility index (Phi) is 6.39. The summed E-state index contributed by atoms with van der Waals surface area (Å²) in [5, 5.41) is 0. The van der Waals surface area contributed by atoms with Crippen LogP contribution in [0, 0.1) is 11.6 Å². The number of halogens is 2. The summed E-state index contributed by atoms with van der Waals surface area (Å²) in [5.41, 5.74) is 0.766. The van der Waals surface area contributed by atoms with Crippen molar-refractivity contribution >= 4 is 37.3 Å². The van der Waals surface area contributed by atoms with E-state index >= 15 is 0 Å². The predicted molar refractivity (Wildman–Crippen MR) is 109 cm³/mol. The molecular weight excluding hydrogens is 418 g/mol. The van der Waals surface area contributed by atoms with E-state index in [9.17, 15) is 22.0 Å². The SMILES string of the molecule is C=CCn1c(=NC(=O)CCS(=O)(=O)Cc2ccccc2)sc2cc(F)cc(F)c21. The monoisotopic (exact) mass is 436 g/mol. The van der Waals surface area contributed by atoms with E-state index in [1.54, 1.807) is 30.3 Å². The third-order valence-corrected chi connectivity index (χ3v) is 6.71. The van der Waals surface area contributed by atoms with E-state index in [4.69, 9.17) is 0 Å². The number of hydrogen-bond donors (Lipinski definition) is 0. The molecule has 0 saturated carbocycles. The third-order valence-electron chi connectivity index (χ3n) is 4.08. The molecule has 0 fully saturated rings. The van der Waals surface area contributed by atoms with Crippen LogP contribution in [0.4, 0.5) is 8.78 Å². The summed E-state index contributed by atoms with van der Waals surface area (Å²) in [6.45, 7) is 3.77. The lowest BCUT2D eigenvalue weighted by Gasteiger charge is -2.03. The fourth-order valence-corrected chi connectivity index (χ4v) is 5.24. The molecule has 0 atom stereocenters. The summed E-state index contributed by atoms with van der Waals surface area (Å²) in [6.07, 6.45) is 1.21. The van der Waals surface area contributed by atoms with Gasteiger partial charge in [0.05, 0.1) is 21.7 Å². The molecule has 0 N–H and O–H groups in total. The molecule has 1 amide bonds. The average Bonchev–Trinajstić information content (AvgIpc) is 2.98. The van der Waals surface area contributed by atoms with Crippen molar-refractivity contribution in [2.24, 2.45) is 4.99 Å². The van der Waals surface area contributed by atoms with Crippen molar-refractivity contribution in [1.82, 2.24) is 4.57 Å². The highest BCUT2D eigenvalue weighted by Gasteiger charge is 2.16. The van der Waals surface area contributed by atoms with E-state index in [0.717, 1.165) is 23.5 Å². The van der Waals surface area contributed by atoms with Crippen LogP contribution in [-0.2, 0) is 26.9 Å². The van der Waals surface area contributed by atoms with Crippen molar-refractivity contribution in [3.8, 4) is 0 Å². The van der Waals surface area contributed by atoms with Crippen LogP contribution in [0.25, 0.3) is 10.2 Å². The van der Waals surface area contributed by atoms with Gasteiger partial charge in [0.25, 0.3) is 0 Å². The Bertz CT molecular complexity index is 1230. The van der Waals surface area contributed by atoms with E-state index in [1.165, 1.54) is 10.6 Å². The van der Waals surface area contributed by atoms with Crippen molar-refractivity contribution in [1.29, 1.82) is 0 Å². The van der Waals surface area contributed by atoms with Crippen molar-refractivity contribution in [3.63, 3.8) is 0 Å². The number of aromatic nitrogens is 1. The van der Waals surface area contributed by atoms with Gasteiger partial charge in [0.1, 0.15) is 5.82 Å². The van der Waals surface area contributed by atoms with Crippen LogP contribution >= 0.6 is 11.3 Å². The molecule has 0 spiro atoms. The number of rotatable bonds is 7. The van der Waals surface area contributed by atoms with E-state index in [1.807, 2.05) is 0 Å². The Morgan fingerprint density at radius 3 is 2.62 bits per heavy atom. The smallest absolute Gasteiger partial charge is 0.249 e. The standard InChI is InChI=1S/C20H18F2N2O3S2/c1-2-9-24-19-16(22)11-15(21)12-17(19)28-20(24)23-18(25)8-10-29(26,27)13-14-6-4-3-5-7-14/h2-7,11-12H,1,8-10,13H2. The second kappa shape index (κ2) is 8.79. The maximum absolute atomic E-state index is 14.2. The molecule has 0 unspecified atom stereocenters. The molecule has 3 rings (SSSR count). The summed E-state index contributed by atoms with van der Waals surface area (Å²) in [7, 11) is -3.49. The first-order valence-corrected chi connectivity index (χ1v) is 11.3. The van der Waals surface area contributed by atoms with Crippen molar-refractivity contribution < 1.29 is 22.0 Å². The number of carbonyl (C=O) groups is 1. The summed E-state index contributed by atoms with van der Waals surface area (Å²) in [5.74, 6) is -2.65. The van der Waals surface area contributed by atoms with Gasteiger partial charge in [-0.15, -0.1) is 6.58 Å². The van der Waals surface area contributed by atoms with Gasteiger partial charge in [-0.3, -0.25) is 4.79 Å². The van der Waals surface area contributed by atoms with Gasteiger partial charge in [0, 0.05) is 19.0 Å². The maximum atomic E-state index is 14.2. The molecular formula is C20H18F2N2O3S2. The van der Waals surface area contributed by atoms with Crippen LogP contribution in [0.15, 0.2) is 60.1 Å². The quantitative estimate of drug-likeness (QED) is 0.532. The second-order valence-corrected chi connectivity index (χ2v) is 9.54. The Morgan fingerprint density at radius 1 is 1.21 bits per heavy atom. The average molecular weight is 437 g/mol. The molecule has 1 heterocycles. The van der Waals surface area contributed by atoms with E-state index in [0.29, 0.717) is 10.3 Å². The number of benzene rings is 2. The van der Waals surface area contributed by atoms with Gasteiger partial charge in [0.15, 0.2) is 20.5 Å². The second-order valence-electron chi connectivity index (χ2n) is 6.35. The first-order valence-electron chi connectivity index (χ1n) is 8.70. The molecule has 3 aromatic rings. The van der Waals surface area contributed by atoms with Gasteiger partial charge in [0.2, 0.25) is 5.91 Å². The van der Waals surface area contributed by atoms with E-state index in [-0.39, 0.29) is 34.8 Å². The number of hydrogen-bond acceptors (Lipinski definition) is 4. The lowest BCUT2D eigenvalue weighted by molar-refractivity contribution is -0.117. The van der Waals surface area contributed by atoms with Crippen molar-refractivity contribution in [2.75, 3.05) is 5.75 Å². The van der Waals surface area contributed by atoms with Gasteiger partial charge in [-0.1, -0.05) is 47.7 Å². The fraction of sp³-hybridized carbons (Fsp3) is 0.200. The Labute approximate surface area is 170 Å². The highest BCUT2D eigenvalue weighted by molar-refractivity contribution is 7.90. The van der Waals surface area contributed by atoms with Crippen LogP contribution in [-0.4, -0.2) is 24.6 Å². The number of allylic oxidation sites excluding steroid dienone is 1. The number of thiazole rings is 1. The lowest BCUT2D eigenvalue weighted by atomic mass is 10.2. The molecule has 9 heteroatoms. The maximum Gasteiger partial charge on any atom is 0.249 e. The van der Waals surface area contributed by atoms with Crippen LogP contribution in [0.5, 0.6) is 0 Å². The molecule has 2 aromatic carbocycles. The van der Waals surface area contributed by atoms with Gasteiger partial charge >= 0.3 is 0 Å². The van der Waals surface area contributed by atoms with Gasteiger partial charge in [-0.25, -0.2) is 17.2 Å². The number of nitrogens with zero attached hydrogens (tertiary/aromatic N) is 2. The molecule has 1 aromatic heterocycles. The normalized spacial score (nSPS) is 12.4. The largest absolute Gasteiger partial charge is 0.310 e. The minimum Gasteiger partial charge on any atom is -0.310 e. The summed E-state index contributed by atoms with van der Waals surface area (Å²) in [4.78, 5) is 16.4. The predicted octanol–water partition coefficient (Wildman–Crippen LogP) is 3.60. The zero-order valence-electron chi connectivity index (χ0n) is 15.3. The zero-order chi connectivity index (χ0) is 21.0. The topological polar surface area (TPSA) is 68.5 Å². The first-order chi connectivity index (χ1) is 13.8. The highest BCUT2D eigenvalue weighted by atomic mass is 32.2. The molecule has 0 aliphatic heterocycles. The summed E-state index contributed by atoms with van der Waals surface area (Å²) >= 11 is 0.955. The van der Waals surface area contributed by atoms with Crippen molar-refractivity contribution in [2.45, 2.75) is 18.7 Å². The first kappa shape index (κ1) is 21.1. The van der Waals surface area contributed by atoms with Crippen LogP contribution in [0.1, 0.15) is 12.0 Å². The van der Waals surface area contributed by atoms with Gasteiger partial charge < -0.3 is 4.57 Å². The molecule has 5 nitrogen and oxygen atoms in total. The van der Waals surface area contributed by atoms with E-state index in [2.05, 4.69) is 11.6 Å². The van der Waals surface area contributed by atoms with Gasteiger partial charge in [-0.05, 0) is 11.6 Å². The number of carbonyl (C=O) groups excluding carboxylic acids is 1. The van der Waals surface area contributed by atoms with Crippen LogP contribution in [0.2, 0.25) is 0 Å². The zero-order valence-corrected chi connectivity index (χ0v) is 17.0. The molecule has 0 aliphatic carbocycles. The summed E-state index contributed by atoms with van der Waals surface area (Å²) < 4.78 is 53.9. The Balaban J connectivity index is 1.83. The Morgan fingerprint density at radius 2 is 1.93 bits per heavy atom. The molecule has 0 bridgehead atoms. The van der Waals surface area contributed by atoms with E-state index < -0.39 is 27.4 Å². The number of fused-ring (bicyclic) bond motifs is 1. The highest BCUT2D eigenvalue weighted by Crippen LogP contribution is 2.22. The summed E-state index contributed by atoms with van der Waals surface area (Å²) in [6, 6.07) is 10.6. The van der Waals surface area contributed by atoms with Gasteiger partial charge in [-0.2, -0.15) is 4.99 Å². The number of sulfone groups is 1. The Hall–Kier alpha value is -2.65. The number of amides is 1. The lowest BCUT2D eigenvalue weighted by Crippen LogP contribution is -2.18. The minimum absolute atomic E-state index is 0.125. The van der Waals surface area contributed by atoms with Crippen LogP contribution < -0.4 is 4.80 Å². The van der Waals surface area contributed by atoms with Crippen LogP contribution in [0.3, 0.4) is 0 Å².